The molecule has 3 fully saturated rings. The SMILES string of the molecule is COc1cccc(C(=O)Nc2cc(C(=O)NC3CCC(N)CC3)ccc2N2CCN(C(=O)N3CCOCC3)CC2)c1. The van der Waals surface area contributed by atoms with Crippen LogP contribution in [0.25, 0.3) is 0 Å². The number of hydrogen-bond donors (Lipinski definition) is 3. The van der Waals surface area contributed by atoms with Gasteiger partial charge in [0.2, 0.25) is 0 Å². The minimum atomic E-state index is -0.301. The van der Waals surface area contributed by atoms with Crippen molar-refractivity contribution in [3.05, 3.63) is 53.6 Å². The quantitative estimate of drug-likeness (QED) is 0.492. The number of nitrogens with two attached hydrogens (primary N) is 1. The molecule has 0 atom stereocenters. The Morgan fingerprint density at radius 1 is 0.854 bits per heavy atom. The molecule has 2 heterocycles. The number of anilines is 2. The van der Waals surface area contributed by atoms with Crippen molar-refractivity contribution in [3.8, 4) is 5.75 Å². The zero-order valence-corrected chi connectivity index (χ0v) is 23.6. The van der Waals surface area contributed by atoms with E-state index < -0.39 is 0 Å². The lowest BCUT2D eigenvalue weighted by molar-refractivity contribution is 0.0428. The van der Waals surface area contributed by atoms with Crippen LogP contribution in [0.3, 0.4) is 0 Å². The van der Waals surface area contributed by atoms with Crippen molar-refractivity contribution in [2.75, 3.05) is 69.8 Å². The fraction of sp³-hybridized carbons (Fsp3) is 0.500. The van der Waals surface area contributed by atoms with Crippen molar-refractivity contribution in [2.24, 2.45) is 5.73 Å². The van der Waals surface area contributed by atoms with Crippen LogP contribution in [0.2, 0.25) is 0 Å². The maximum atomic E-state index is 13.3. The summed E-state index contributed by atoms with van der Waals surface area (Å²) in [6.45, 7) is 4.68. The summed E-state index contributed by atoms with van der Waals surface area (Å²) in [7, 11) is 1.56. The number of rotatable bonds is 6. The van der Waals surface area contributed by atoms with Crippen LogP contribution in [0.1, 0.15) is 46.4 Å². The Balaban J connectivity index is 1.32. The van der Waals surface area contributed by atoms with E-state index in [9.17, 15) is 14.4 Å². The van der Waals surface area contributed by atoms with Gasteiger partial charge >= 0.3 is 6.03 Å². The van der Waals surface area contributed by atoms with E-state index >= 15 is 0 Å². The zero-order valence-electron chi connectivity index (χ0n) is 23.6. The number of morpholine rings is 1. The predicted molar refractivity (Wildman–Crippen MR) is 157 cm³/mol. The Labute approximate surface area is 240 Å². The largest absolute Gasteiger partial charge is 0.497 e. The first-order valence-corrected chi connectivity index (χ1v) is 14.4. The number of amides is 4. The van der Waals surface area contributed by atoms with E-state index in [0.717, 1.165) is 31.4 Å². The molecule has 4 amide bonds. The Hall–Kier alpha value is -3.83. The average Bonchev–Trinajstić information content (AvgIpc) is 3.02. The second-order valence-electron chi connectivity index (χ2n) is 10.9. The minimum absolute atomic E-state index is 0.0372. The average molecular weight is 565 g/mol. The number of carbonyl (C=O) groups excluding carboxylic acids is 3. The van der Waals surface area contributed by atoms with Gasteiger partial charge in [-0.2, -0.15) is 0 Å². The molecule has 11 heteroatoms. The van der Waals surface area contributed by atoms with Crippen LogP contribution in [0.4, 0.5) is 16.2 Å². The summed E-state index contributed by atoms with van der Waals surface area (Å²) in [6.07, 6.45) is 3.51. The first-order valence-electron chi connectivity index (χ1n) is 14.4. The maximum absolute atomic E-state index is 13.3. The molecule has 220 valence electrons. The van der Waals surface area contributed by atoms with Crippen LogP contribution in [0, 0.1) is 0 Å². The molecule has 4 N–H and O–H groups in total. The van der Waals surface area contributed by atoms with E-state index in [1.165, 1.54) is 0 Å². The van der Waals surface area contributed by atoms with Gasteiger partial charge < -0.3 is 40.5 Å². The van der Waals surface area contributed by atoms with E-state index in [2.05, 4.69) is 15.5 Å². The fourth-order valence-corrected chi connectivity index (χ4v) is 5.64. The molecule has 0 unspecified atom stereocenters. The number of hydrogen-bond acceptors (Lipinski definition) is 7. The Morgan fingerprint density at radius 3 is 2.24 bits per heavy atom. The molecule has 2 aliphatic heterocycles. The zero-order chi connectivity index (χ0) is 28.8. The molecule has 2 saturated heterocycles. The smallest absolute Gasteiger partial charge is 0.320 e. The molecule has 2 aromatic rings. The lowest BCUT2D eigenvalue weighted by Crippen LogP contribution is -2.54. The molecule has 0 radical (unpaired) electrons. The summed E-state index contributed by atoms with van der Waals surface area (Å²) < 4.78 is 10.7. The highest BCUT2D eigenvalue weighted by molar-refractivity contribution is 6.07. The van der Waals surface area contributed by atoms with Crippen LogP contribution in [0.15, 0.2) is 42.5 Å². The molecule has 0 bridgehead atoms. The van der Waals surface area contributed by atoms with E-state index in [0.29, 0.717) is 75.0 Å². The van der Waals surface area contributed by atoms with Crippen LogP contribution >= 0.6 is 0 Å². The summed E-state index contributed by atoms with van der Waals surface area (Å²) in [6, 6.07) is 12.7. The van der Waals surface area contributed by atoms with E-state index in [1.54, 1.807) is 43.5 Å². The highest BCUT2D eigenvalue weighted by Crippen LogP contribution is 2.30. The van der Waals surface area contributed by atoms with Gasteiger partial charge in [0.05, 0.1) is 31.7 Å². The van der Waals surface area contributed by atoms with Gasteiger partial charge in [0.1, 0.15) is 5.75 Å². The van der Waals surface area contributed by atoms with Crippen molar-refractivity contribution in [1.29, 1.82) is 0 Å². The number of methoxy groups -OCH3 is 1. The van der Waals surface area contributed by atoms with Crippen molar-refractivity contribution in [1.82, 2.24) is 15.1 Å². The molecule has 0 spiro atoms. The van der Waals surface area contributed by atoms with Gasteiger partial charge in [-0.25, -0.2) is 4.79 Å². The molecule has 1 aliphatic carbocycles. The number of carbonyl (C=O) groups is 3. The van der Waals surface area contributed by atoms with Crippen molar-refractivity contribution >= 4 is 29.2 Å². The number of nitrogens with one attached hydrogen (secondary N) is 2. The first kappa shape index (κ1) is 28.7. The second kappa shape index (κ2) is 13.2. The van der Waals surface area contributed by atoms with Crippen LogP contribution in [-0.4, -0.2) is 99.3 Å². The standard InChI is InChI=1S/C30H40N6O5/c1-40-25-4-2-3-21(19-25)29(38)33-26-20-22(28(37)32-24-8-6-23(31)7-9-24)5-10-27(26)34-11-13-35(14-12-34)30(39)36-15-17-41-18-16-36/h2-5,10,19-20,23-24H,6-9,11-18,31H2,1H3,(H,32,37)(H,33,38). The van der Waals surface area contributed by atoms with E-state index in [1.807, 2.05) is 15.9 Å². The van der Waals surface area contributed by atoms with E-state index in [4.69, 9.17) is 15.2 Å². The highest BCUT2D eigenvalue weighted by Gasteiger charge is 2.28. The number of ether oxygens (including phenoxy) is 2. The monoisotopic (exact) mass is 564 g/mol. The van der Waals surface area contributed by atoms with Crippen molar-refractivity contribution < 1.29 is 23.9 Å². The van der Waals surface area contributed by atoms with Gasteiger partial charge in [-0.15, -0.1) is 0 Å². The minimum Gasteiger partial charge on any atom is -0.497 e. The third kappa shape index (κ3) is 7.09. The maximum Gasteiger partial charge on any atom is 0.320 e. The third-order valence-electron chi connectivity index (χ3n) is 8.12. The van der Waals surface area contributed by atoms with Crippen molar-refractivity contribution in [3.63, 3.8) is 0 Å². The van der Waals surface area contributed by atoms with Crippen LogP contribution < -0.4 is 26.0 Å². The molecule has 0 aromatic heterocycles. The topological polar surface area (TPSA) is 129 Å². The molecule has 5 rings (SSSR count). The second-order valence-corrected chi connectivity index (χ2v) is 10.9. The van der Waals surface area contributed by atoms with Crippen LogP contribution in [0.5, 0.6) is 5.75 Å². The Kier molecular flexibility index (Phi) is 9.25. The molecule has 41 heavy (non-hydrogen) atoms. The summed E-state index contributed by atoms with van der Waals surface area (Å²) in [5.74, 6) is 0.110. The summed E-state index contributed by atoms with van der Waals surface area (Å²) in [5.41, 5.74) is 8.30. The Bertz CT molecular complexity index is 1230. The molecule has 11 nitrogen and oxygen atoms in total. The molecule has 3 aliphatic rings. The number of urea groups is 1. The number of nitrogens with zero attached hydrogens (tertiary/aromatic N) is 3. The third-order valence-corrected chi connectivity index (χ3v) is 8.12. The van der Waals surface area contributed by atoms with Gasteiger partial charge in [-0.05, 0) is 62.1 Å². The highest BCUT2D eigenvalue weighted by atomic mass is 16.5. The van der Waals surface area contributed by atoms with E-state index in [-0.39, 0.29) is 29.9 Å². The molecular formula is C30H40N6O5. The molecular weight excluding hydrogens is 524 g/mol. The predicted octanol–water partition coefficient (Wildman–Crippen LogP) is 2.52. The van der Waals surface area contributed by atoms with Gasteiger partial charge in [-0.1, -0.05) is 6.07 Å². The Morgan fingerprint density at radius 2 is 1.54 bits per heavy atom. The summed E-state index contributed by atoms with van der Waals surface area (Å²) >= 11 is 0. The molecule has 1 saturated carbocycles. The van der Waals surface area contributed by atoms with Gasteiger partial charge in [0.25, 0.3) is 11.8 Å². The lowest BCUT2D eigenvalue weighted by Gasteiger charge is -2.39. The van der Waals surface area contributed by atoms with Gasteiger partial charge in [-0.3, -0.25) is 9.59 Å². The lowest BCUT2D eigenvalue weighted by atomic mass is 9.91. The molecule has 2 aromatic carbocycles. The summed E-state index contributed by atoms with van der Waals surface area (Å²) in [5, 5.41) is 6.17. The van der Waals surface area contributed by atoms with Crippen LogP contribution in [-0.2, 0) is 4.74 Å². The fourth-order valence-electron chi connectivity index (χ4n) is 5.64. The summed E-state index contributed by atoms with van der Waals surface area (Å²) in [4.78, 5) is 45.3. The number of piperazine rings is 1. The normalized spacial score (nSPS) is 21.3. The van der Waals surface area contributed by atoms with Gasteiger partial charge in [0.15, 0.2) is 0 Å². The number of benzene rings is 2. The first-order chi connectivity index (χ1) is 19.9. The van der Waals surface area contributed by atoms with Gasteiger partial charge in [0, 0.05) is 62.5 Å². The van der Waals surface area contributed by atoms with Crippen molar-refractivity contribution in [2.45, 2.75) is 37.8 Å².